The fourth-order valence-electron chi connectivity index (χ4n) is 2.64. The van der Waals surface area contributed by atoms with Crippen molar-refractivity contribution < 1.29 is 14.0 Å². The average Bonchev–Trinajstić information content (AvgIpc) is 2.61. The molecule has 6 heteroatoms. The summed E-state index contributed by atoms with van der Waals surface area (Å²) in [5.74, 6) is -0.446. The van der Waals surface area contributed by atoms with Gasteiger partial charge in [0, 0.05) is 11.4 Å². The summed E-state index contributed by atoms with van der Waals surface area (Å²) in [6.07, 6.45) is 1.06. The lowest BCUT2D eigenvalue weighted by atomic mass is 9.99. The van der Waals surface area contributed by atoms with Gasteiger partial charge < -0.3 is 10.6 Å². The molecule has 5 nitrogen and oxygen atoms in total. The molecule has 0 aliphatic rings. The lowest BCUT2D eigenvalue weighted by Crippen LogP contribution is -2.36. The van der Waals surface area contributed by atoms with Crippen molar-refractivity contribution in [2.24, 2.45) is 0 Å². The van der Waals surface area contributed by atoms with Crippen molar-refractivity contribution >= 4 is 23.2 Å². The number of hydrogen-bond acceptors (Lipinski definition) is 3. The molecule has 0 spiro atoms. The number of benzene rings is 2. The molecule has 0 aromatic heterocycles. The van der Waals surface area contributed by atoms with Crippen LogP contribution in [0.1, 0.15) is 31.7 Å². The first-order chi connectivity index (χ1) is 12.9. The minimum Gasteiger partial charge on any atom is -0.325 e. The first-order valence-corrected chi connectivity index (χ1v) is 9.01. The highest BCUT2D eigenvalue weighted by Gasteiger charge is 2.12. The maximum atomic E-state index is 13.1. The van der Waals surface area contributed by atoms with Crippen molar-refractivity contribution in [3.05, 3.63) is 59.9 Å². The Morgan fingerprint density at radius 3 is 2.15 bits per heavy atom. The summed E-state index contributed by atoms with van der Waals surface area (Å²) in [7, 11) is 1.68. The molecule has 2 rings (SSSR count). The smallest absolute Gasteiger partial charge is 0.238 e. The van der Waals surface area contributed by atoms with Crippen molar-refractivity contribution in [3.63, 3.8) is 0 Å². The van der Waals surface area contributed by atoms with E-state index in [2.05, 4.69) is 24.5 Å². The van der Waals surface area contributed by atoms with Gasteiger partial charge in [0.15, 0.2) is 0 Å². The van der Waals surface area contributed by atoms with E-state index in [9.17, 15) is 14.0 Å². The number of amides is 2. The number of nitrogens with one attached hydrogen (secondary N) is 2. The zero-order valence-corrected chi connectivity index (χ0v) is 16.0. The topological polar surface area (TPSA) is 61.4 Å². The third kappa shape index (κ3) is 6.83. The highest BCUT2D eigenvalue weighted by molar-refractivity contribution is 5.94. The first kappa shape index (κ1) is 20.6. The predicted molar refractivity (Wildman–Crippen MR) is 106 cm³/mol. The summed E-state index contributed by atoms with van der Waals surface area (Å²) in [5, 5.41) is 5.43. The van der Waals surface area contributed by atoms with E-state index < -0.39 is 5.82 Å². The normalized spacial score (nSPS) is 11.9. The van der Waals surface area contributed by atoms with Crippen molar-refractivity contribution in [2.75, 3.05) is 30.8 Å². The molecule has 2 aromatic carbocycles. The molecule has 0 saturated carbocycles. The minimum atomic E-state index is -0.417. The van der Waals surface area contributed by atoms with E-state index >= 15 is 0 Å². The van der Waals surface area contributed by atoms with Crippen LogP contribution in [0, 0.1) is 5.82 Å². The van der Waals surface area contributed by atoms with Crippen molar-refractivity contribution in [1.29, 1.82) is 0 Å². The summed E-state index contributed by atoms with van der Waals surface area (Å²) in [5.41, 5.74) is 2.35. The van der Waals surface area contributed by atoms with E-state index in [0.717, 1.165) is 12.1 Å². The van der Waals surface area contributed by atoms with Crippen LogP contribution in [0.2, 0.25) is 0 Å². The van der Waals surface area contributed by atoms with Crippen LogP contribution in [0.15, 0.2) is 48.5 Å². The van der Waals surface area contributed by atoms with Gasteiger partial charge in [0.1, 0.15) is 5.82 Å². The second-order valence-electron chi connectivity index (χ2n) is 6.71. The fourth-order valence-corrected chi connectivity index (χ4v) is 2.64. The zero-order chi connectivity index (χ0) is 19.8. The molecule has 0 saturated heterocycles. The highest BCUT2D eigenvalue weighted by atomic mass is 19.1. The molecule has 0 heterocycles. The number of anilines is 2. The molecule has 1 unspecified atom stereocenters. The van der Waals surface area contributed by atoms with Gasteiger partial charge in [0.25, 0.3) is 0 Å². The van der Waals surface area contributed by atoms with Gasteiger partial charge in [-0.2, -0.15) is 0 Å². The minimum absolute atomic E-state index is 0.0247. The third-order valence-corrected chi connectivity index (χ3v) is 4.31. The number of nitrogens with zero attached hydrogens (tertiary/aromatic N) is 1. The monoisotopic (exact) mass is 371 g/mol. The molecular formula is C21H26FN3O2. The molecule has 0 fully saturated rings. The van der Waals surface area contributed by atoms with Gasteiger partial charge in [0.05, 0.1) is 13.1 Å². The van der Waals surface area contributed by atoms with E-state index in [4.69, 9.17) is 0 Å². The summed E-state index contributed by atoms with van der Waals surface area (Å²) in [6, 6.07) is 13.5. The Labute approximate surface area is 159 Å². The molecule has 0 bridgehead atoms. The van der Waals surface area contributed by atoms with E-state index in [1.807, 2.05) is 24.3 Å². The zero-order valence-electron chi connectivity index (χ0n) is 16.0. The maximum Gasteiger partial charge on any atom is 0.238 e. The van der Waals surface area contributed by atoms with Gasteiger partial charge in [-0.05, 0) is 55.3 Å². The molecule has 0 aliphatic heterocycles. The molecule has 27 heavy (non-hydrogen) atoms. The number of carbonyl (C=O) groups excluding carboxylic acids is 2. The van der Waals surface area contributed by atoms with Crippen molar-refractivity contribution in [2.45, 2.75) is 26.2 Å². The SMILES string of the molecule is CCC(C)c1ccc(NC(=O)CN(C)CC(=O)Nc2cccc(F)c2)cc1. The maximum absolute atomic E-state index is 13.1. The molecule has 2 aromatic rings. The Balaban J connectivity index is 1.80. The lowest BCUT2D eigenvalue weighted by molar-refractivity contribution is -0.119. The summed E-state index contributed by atoms with van der Waals surface area (Å²) in [6.45, 7) is 4.40. The predicted octanol–water partition coefficient (Wildman–Crippen LogP) is 3.85. The average molecular weight is 371 g/mol. The highest BCUT2D eigenvalue weighted by Crippen LogP contribution is 2.20. The number of hydrogen-bond donors (Lipinski definition) is 2. The van der Waals surface area contributed by atoms with E-state index in [1.165, 1.54) is 23.8 Å². The van der Waals surface area contributed by atoms with E-state index in [1.54, 1.807) is 18.0 Å². The summed E-state index contributed by atoms with van der Waals surface area (Å²) < 4.78 is 13.1. The number of halogens is 1. The Morgan fingerprint density at radius 2 is 1.59 bits per heavy atom. The Kier molecular flexibility index (Phi) is 7.49. The van der Waals surface area contributed by atoms with Crippen LogP contribution >= 0.6 is 0 Å². The van der Waals surface area contributed by atoms with Crippen LogP contribution in [0.25, 0.3) is 0 Å². The third-order valence-electron chi connectivity index (χ3n) is 4.31. The largest absolute Gasteiger partial charge is 0.325 e. The van der Waals surface area contributed by atoms with Gasteiger partial charge in [0.2, 0.25) is 11.8 Å². The van der Waals surface area contributed by atoms with E-state index in [0.29, 0.717) is 11.6 Å². The molecule has 1 atom stereocenters. The van der Waals surface area contributed by atoms with Crippen molar-refractivity contribution in [1.82, 2.24) is 4.90 Å². The summed E-state index contributed by atoms with van der Waals surface area (Å²) >= 11 is 0. The van der Waals surface area contributed by atoms with Crippen LogP contribution in [0.5, 0.6) is 0 Å². The lowest BCUT2D eigenvalue weighted by Gasteiger charge is -2.16. The first-order valence-electron chi connectivity index (χ1n) is 9.01. The van der Waals surface area contributed by atoms with E-state index in [-0.39, 0.29) is 24.9 Å². The molecule has 144 valence electrons. The second-order valence-corrected chi connectivity index (χ2v) is 6.71. The second kappa shape index (κ2) is 9.83. The number of rotatable bonds is 8. The van der Waals surface area contributed by atoms with Gasteiger partial charge in [-0.3, -0.25) is 14.5 Å². The number of likely N-dealkylation sites (N-methyl/N-ethyl adjacent to an activating group) is 1. The Morgan fingerprint density at radius 1 is 1.00 bits per heavy atom. The quantitative estimate of drug-likeness (QED) is 0.741. The van der Waals surface area contributed by atoms with Gasteiger partial charge in [-0.25, -0.2) is 4.39 Å². The van der Waals surface area contributed by atoms with Gasteiger partial charge >= 0.3 is 0 Å². The summed E-state index contributed by atoms with van der Waals surface area (Å²) in [4.78, 5) is 25.7. The van der Waals surface area contributed by atoms with Crippen LogP contribution < -0.4 is 10.6 Å². The van der Waals surface area contributed by atoms with Crippen molar-refractivity contribution in [3.8, 4) is 0 Å². The van der Waals surface area contributed by atoms with Gasteiger partial charge in [-0.1, -0.05) is 32.0 Å². The number of carbonyl (C=O) groups is 2. The van der Waals surface area contributed by atoms with Gasteiger partial charge in [-0.15, -0.1) is 0 Å². The fraction of sp³-hybridized carbons (Fsp3) is 0.333. The Bertz CT molecular complexity index is 777. The molecule has 2 N–H and O–H groups in total. The van der Waals surface area contributed by atoms with Crippen LogP contribution in [0.4, 0.5) is 15.8 Å². The standard InChI is InChI=1S/C21H26FN3O2/c1-4-15(2)16-8-10-18(11-9-16)23-20(26)13-25(3)14-21(27)24-19-7-5-6-17(22)12-19/h5-12,15H,4,13-14H2,1-3H3,(H,23,26)(H,24,27). The van der Waals surface area contributed by atoms with Crippen LogP contribution in [0.3, 0.4) is 0 Å². The molecular weight excluding hydrogens is 345 g/mol. The Hall–Kier alpha value is -2.73. The molecule has 0 aliphatic carbocycles. The van der Waals surface area contributed by atoms with Crippen LogP contribution in [-0.2, 0) is 9.59 Å². The molecule has 2 amide bonds. The molecule has 0 radical (unpaired) electrons. The van der Waals surface area contributed by atoms with Crippen LogP contribution in [-0.4, -0.2) is 36.9 Å².